The van der Waals surface area contributed by atoms with Crippen molar-refractivity contribution in [3.8, 4) is 0 Å². The summed E-state index contributed by atoms with van der Waals surface area (Å²) in [6.45, 7) is 6.46. The first-order valence-corrected chi connectivity index (χ1v) is 8.23. The Labute approximate surface area is 126 Å². The van der Waals surface area contributed by atoms with Crippen molar-refractivity contribution in [2.24, 2.45) is 23.7 Å². The van der Waals surface area contributed by atoms with Crippen LogP contribution in [0.2, 0.25) is 0 Å². The van der Waals surface area contributed by atoms with Crippen molar-refractivity contribution < 1.29 is 24.0 Å². The highest BCUT2D eigenvalue weighted by atomic mass is 17.3. The van der Waals surface area contributed by atoms with Gasteiger partial charge < -0.3 is 14.2 Å². The zero-order chi connectivity index (χ0) is 14.8. The van der Waals surface area contributed by atoms with Crippen LogP contribution in [-0.4, -0.2) is 31.1 Å². The zero-order valence-electron chi connectivity index (χ0n) is 13.3. The van der Waals surface area contributed by atoms with Crippen molar-refractivity contribution >= 4 is 0 Å². The Balaban J connectivity index is 1.79. The molecule has 1 spiro atoms. The molecule has 0 aromatic heterocycles. The predicted octanol–water partition coefficient (Wildman–Crippen LogP) is 2.84. The molecule has 4 heterocycles. The van der Waals surface area contributed by atoms with E-state index < -0.39 is 17.7 Å². The number of hydrogen-bond donors (Lipinski definition) is 0. The van der Waals surface area contributed by atoms with Gasteiger partial charge in [-0.25, -0.2) is 9.78 Å². The molecular formula is C16H26O5. The lowest BCUT2D eigenvalue weighted by Crippen LogP contribution is -2.70. The molecule has 4 saturated heterocycles. The van der Waals surface area contributed by atoms with Crippen molar-refractivity contribution in [1.82, 2.24) is 0 Å². The second-order valence-corrected chi connectivity index (χ2v) is 7.51. The predicted molar refractivity (Wildman–Crippen MR) is 73.8 cm³/mol. The minimum absolute atomic E-state index is 0.230. The summed E-state index contributed by atoms with van der Waals surface area (Å²) in [4.78, 5) is 11.8. The number of ether oxygens (including phenoxy) is 3. The van der Waals surface area contributed by atoms with Crippen molar-refractivity contribution in [3.05, 3.63) is 0 Å². The quantitative estimate of drug-likeness (QED) is 0.697. The van der Waals surface area contributed by atoms with Gasteiger partial charge in [0.25, 0.3) is 0 Å². The lowest BCUT2D eigenvalue weighted by atomic mass is 9.58. The largest absolute Gasteiger partial charge is 0.355 e. The molecule has 0 aromatic rings. The second kappa shape index (κ2) is 4.65. The molecule has 5 fully saturated rings. The molecule has 5 nitrogen and oxygen atoms in total. The third-order valence-corrected chi connectivity index (χ3v) is 6.33. The first-order valence-electron chi connectivity index (χ1n) is 8.23. The fourth-order valence-corrected chi connectivity index (χ4v) is 5.14. The molecule has 6 unspecified atom stereocenters. The summed E-state index contributed by atoms with van der Waals surface area (Å²) >= 11 is 0. The molecule has 5 rings (SSSR count). The Bertz CT molecular complexity index is 429. The maximum absolute atomic E-state index is 6.21. The summed E-state index contributed by atoms with van der Waals surface area (Å²) in [5.41, 5.74) is -0.470. The van der Waals surface area contributed by atoms with E-state index in [0.29, 0.717) is 17.8 Å². The first-order chi connectivity index (χ1) is 10.00. The van der Waals surface area contributed by atoms with Gasteiger partial charge in [0.1, 0.15) is 0 Å². The van der Waals surface area contributed by atoms with Crippen molar-refractivity contribution in [1.29, 1.82) is 0 Å². The van der Waals surface area contributed by atoms with E-state index in [1.54, 1.807) is 7.11 Å². The lowest BCUT2D eigenvalue weighted by Gasteiger charge is -2.60. The molecule has 21 heavy (non-hydrogen) atoms. The van der Waals surface area contributed by atoms with E-state index in [1.165, 1.54) is 6.42 Å². The van der Waals surface area contributed by atoms with E-state index in [0.717, 1.165) is 19.3 Å². The molecule has 0 N–H and O–H groups in total. The van der Waals surface area contributed by atoms with Crippen LogP contribution >= 0.6 is 0 Å². The zero-order valence-corrected chi connectivity index (χ0v) is 13.3. The normalized spacial score (nSPS) is 59.4. The highest BCUT2D eigenvalue weighted by molar-refractivity contribution is 5.08. The molecule has 0 aromatic carbocycles. The number of fused-ring (bicyclic) bond motifs is 2. The van der Waals surface area contributed by atoms with Crippen molar-refractivity contribution in [2.45, 2.75) is 70.4 Å². The average molecular weight is 298 g/mol. The van der Waals surface area contributed by atoms with E-state index in [1.807, 2.05) is 6.92 Å². The number of hydrogen-bond acceptors (Lipinski definition) is 5. The molecule has 120 valence electrons. The summed E-state index contributed by atoms with van der Waals surface area (Å²) in [5, 5.41) is 0. The Morgan fingerprint density at radius 3 is 2.62 bits per heavy atom. The van der Waals surface area contributed by atoms with Gasteiger partial charge in [-0.2, -0.15) is 0 Å². The minimum atomic E-state index is -0.698. The summed E-state index contributed by atoms with van der Waals surface area (Å²) in [6, 6.07) is 0. The van der Waals surface area contributed by atoms with E-state index in [4.69, 9.17) is 24.0 Å². The minimum Gasteiger partial charge on any atom is -0.355 e. The van der Waals surface area contributed by atoms with E-state index >= 15 is 0 Å². The van der Waals surface area contributed by atoms with E-state index in [9.17, 15) is 0 Å². The maximum Gasteiger partial charge on any atom is 0.201 e. The van der Waals surface area contributed by atoms with Gasteiger partial charge >= 0.3 is 0 Å². The maximum atomic E-state index is 6.21. The van der Waals surface area contributed by atoms with Crippen molar-refractivity contribution in [3.63, 3.8) is 0 Å². The lowest BCUT2D eigenvalue weighted by molar-refractivity contribution is -0.577. The third-order valence-electron chi connectivity index (χ3n) is 6.33. The van der Waals surface area contributed by atoms with Crippen LogP contribution in [0.5, 0.6) is 0 Å². The highest BCUT2D eigenvalue weighted by Crippen LogP contribution is 2.60. The Kier molecular flexibility index (Phi) is 3.19. The van der Waals surface area contributed by atoms with Crippen LogP contribution in [0, 0.1) is 23.7 Å². The highest BCUT2D eigenvalue weighted by Gasteiger charge is 2.69. The Morgan fingerprint density at radius 2 is 1.86 bits per heavy atom. The van der Waals surface area contributed by atoms with Gasteiger partial charge in [-0.15, -0.1) is 0 Å². The molecule has 0 radical (unpaired) electrons. The molecule has 4 aliphatic heterocycles. The SMILES string of the molecule is COC1OC2O[C@]3(C)CCC4C(C)CCC(C1C)[C@@]24OO3. The molecule has 2 bridgehead atoms. The fraction of sp³-hybridized carbons (Fsp3) is 1.00. The molecule has 8 atom stereocenters. The standard InChI is InChI=1S/C16H26O5/c1-9-5-6-12-10(2)13(17-4)18-14-16(12)11(9)7-8-15(3,19-14)20-21-16/h9-14H,5-8H2,1-4H3/t9?,10?,11?,12?,13?,14?,15-,16+/m0/s1. The van der Waals surface area contributed by atoms with Gasteiger partial charge in [-0.05, 0) is 38.0 Å². The Hall–Kier alpha value is -0.200. The van der Waals surface area contributed by atoms with Gasteiger partial charge in [0, 0.05) is 25.4 Å². The fourth-order valence-electron chi connectivity index (χ4n) is 5.14. The van der Waals surface area contributed by atoms with Crippen LogP contribution in [0.1, 0.15) is 46.5 Å². The molecule has 1 aliphatic carbocycles. The van der Waals surface area contributed by atoms with Gasteiger partial charge in [0.2, 0.25) is 5.79 Å². The number of methoxy groups -OCH3 is 1. The summed E-state index contributed by atoms with van der Waals surface area (Å²) in [5.74, 6) is 0.953. The average Bonchev–Trinajstić information content (AvgIpc) is 2.69. The van der Waals surface area contributed by atoms with Gasteiger partial charge in [0.05, 0.1) is 0 Å². The topological polar surface area (TPSA) is 46.2 Å². The Morgan fingerprint density at radius 1 is 1.05 bits per heavy atom. The van der Waals surface area contributed by atoms with E-state index in [2.05, 4.69) is 13.8 Å². The molecular weight excluding hydrogens is 272 g/mol. The second-order valence-electron chi connectivity index (χ2n) is 7.51. The smallest absolute Gasteiger partial charge is 0.201 e. The summed E-state index contributed by atoms with van der Waals surface area (Å²) in [7, 11) is 1.70. The van der Waals surface area contributed by atoms with Gasteiger partial charge in [-0.1, -0.05) is 13.8 Å². The third kappa shape index (κ3) is 1.81. The molecule has 5 aliphatic rings. The summed E-state index contributed by atoms with van der Waals surface area (Å²) < 4.78 is 17.9. The molecule has 5 heteroatoms. The number of rotatable bonds is 1. The molecule has 0 amide bonds. The van der Waals surface area contributed by atoms with Crippen LogP contribution in [0.3, 0.4) is 0 Å². The monoisotopic (exact) mass is 298 g/mol. The summed E-state index contributed by atoms with van der Waals surface area (Å²) in [6.07, 6.45) is 3.64. The van der Waals surface area contributed by atoms with Gasteiger partial charge in [0.15, 0.2) is 18.2 Å². The van der Waals surface area contributed by atoms with Crippen LogP contribution in [0.25, 0.3) is 0 Å². The van der Waals surface area contributed by atoms with Crippen molar-refractivity contribution in [2.75, 3.05) is 7.11 Å². The van der Waals surface area contributed by atoms with E-state index in [-0.39, 0.29) is 12.2 Å². The first kappa shape index (κ1) is 14.4. The van der Waals surface area contributed by atoms with Crippen LogP contribution in [0.15, 0.2) is 0 Å². The van der Waals surface area contributed by atoms with Crippen LogP contribution < -0.4 is 0 Å². The van der Waals surface area contributed by atoms with Crippen LogP contribution in [-0.2, 0) is 24.0 Å². The molecule has 1 saturated carbocycles. The van der Waals surface area contributed by atoms with Gasteiger partial charge in [-0.3, -0.25) is 0 Å². The van der Waals surface area contributed by atoms with Crippen LogP contribution in [0.4, 0.5) is 0 Å².